The summed E-state index contributed by atoms with van der Waals surface area (Å²) in [6, 6.07) is 10.2. The molecule has 0 aliphatic heterocycles. The molecule has 9 nitrogen and oxygen atoms in total. The number of carbonyl (C=O) groups excluding carboxylic acids is 2. The Labute approximate surface area is 164 Å². The van der Waals surface area contributed by atoms with Crippen LogP contribution in [0, 0.1) is 0 Å². The highest BCUT2D eigenvalue weighted by atomic mass is 32.1. The molecule has 0 saturated carbocycles. The van der Waals surface area contributed by atoms with Crippen LogP contribution in [0.1, 0.15) is 20.9 Å². The summed E-state index contributed by atoms with van der Waals surface area (Å²) in [6.45, 7) is 0. The summed E-state index contributed by atoms with van der Waals surface area (Å²) >= 11 is 1.12. The summed E-state index contributed by atoms with van der Waals surface area (Å²) in [5.74, 6) is -0.00130. The first-order chi connectivity index (χ1) is 13.6. The lowest BCUT2D eigenvalue weighted by Gasteiger charge is -2.02. The molecule has 2 amide bonds. The highest BCUT2D eigenvalue weighted by Gasteiger charge is 2.12. The van der Waals surface area contributed by atoms with Gasteiger partial charge in [0.15, 0.2) is 0 Å². The fourth-order valence-electron chi connectivity index (χ4n) is 2.09. The average molecular weight is 396 g/mol. The van der Waals surface area contributed by atoms with Gasteiger partial charge in [0.1, 0.15) is 10.8 Å². The van der Waals surface area contributed by atoms with Crippen molar-refractivity contribution in [3.63, 3.8) is 0 Å². The van der Waals surface area contributed by atoms with E-state index in [9.17, 15) is 9.59 Å². The van der Waals surface area contributed by atoms with Gasteiger partial charge in [0.25, 0.3) is 5.91 Å². The third kappa shape index (κ3) is 5.42. The van der Waals surface area contributed by atoms with E-state index in [0.717, 1.165) is 16.9 Å². The van der Waals surface area contributed by atoms with Crippen molar-refractivity contribution in [2.75, 3.05) is 12.4 Å². The van der Waals surface area contributed by atoms with Crippen LogP contribution in [0.25, 0.3) is 0 Å². The molecule has 1 aromatic carbocycles. The first kappa shape index (κ1) is 19.1. The van der Waals surface area contributed by atoms with Crippen molar-refractivity contribution in [1.82, 2.24) is 20.6 Å². The monoisotopic (exact) mass is 396 g/mol. The number of nitrogens with zero attached hydrogens (tertiary/aromatic N) is 4. The molecule has 3 rings (SSSR count). The number of ether oxygens (including phenoxy) is 1. The van der Waals surface area contributed by atoms with E-state index in [1.807, 2.05) is 0 Å². The molecule has 3 aromatic rings. The number of pyridine rings is 1. The van der Waals surface area contributed by atoms with Gasteiger partial charge < -0.3 is 4.74 Å². The van der Waals surface area contributed by atoms with E-state index in [1.165, 1.54) is 6.21 Å². The smallest absolute Gasteiger partial charge is 0.257 e. The molecule has 0 radical (unpaired) electrons. The van der Waals surface area contributed by atoms with Gasteiger partial charge in [-0.25, -0.2) is 5.43 Å². The van der Waals surface area contributed by atoms with Crippen molar-refractivity contribution in [3.8, 4) is 5.75 Å². The SMILES string of the molecule is COc1ccc(C(=O)Nc2nnc(CC(=O)N/N=C\c3ccncc3)s2)cc1. The van der Waals surface area contributed by atoms with Gasteiger partial charge in [-0.3, -0.25) is 19.9 Å². The van der Waals surface area contributed by atoms with Gasteiger partial charge in [-0.15, -0.1) is 10.2 Å². The summed E-state index contributed by atoms with van der Waals surface area (Å²) in [5.41, 5.74) is 3.69. The molecule has 28 heavy (non-hydrogen) atoms. The number of hydrazone groups is 1. The van der Waals surface area contributed by atoms with Crippen LogP contribution < -0.4 is 15.5 Å². The molecule has 0 atom stereocenters. The van der Waals surface area contributed by atoms with Crippen LogP contribution >= 0.6 is 11.3 Å². The minimum atomic E-state index is -0.338. The zero-order chi connectivity index (χ0) is 19.8. The van der Waals surface area contributed by atoms with E-state index >= 15 is 0 Å². The molecule has 0 saturated heterocycles. The number of benzene rings is 1. The van der Waals surface area contributed by atoms with Crippen LogP contribution in [-0.2, 0) is 11.2 Å². The van der Waals surface area contributed by atoms with E-state index < -0.39 is 0 Å². The molecule has 10 heteroatoms. The highest BCUT2D eigenvalue weighted by Crippen LogP contribution is 2.18. The number of anilines is 1. The van der Waals surface area contributed by atoms with Crippen LogP contribution in [0.15, 0.2) is 53.9 Å². The Kier molecular flexibility index (Phi) is 6.37. The topological polar surface area (TPSA) is 118 Å². The molecular weight excluding hydrogens is 380 g/mol. The number of amides is 2. The molecule has 0 aliphatic rings. The van der Waals surface area contributed by atoms with Crippen LogP contribution in [0.4, 0.5) is 5.13 Å². The maximum absolute atomic E-state index is 12.2. The van der Waals surface area contributed by atoms with E-state index in [0.29, 0.717) is 21.5 Å². The number of aromatic nitrogens is 3. The van der Waals surface area contributed by atoms with Gasteiger partial charge in [-0.2, -0.15) is 5.10 Å². The zero-order valence-corrected chi connectivity index (χ0v) is 15.6. The minimum absolute atomic E-state index is 0.00373. The van der Waals surface area contributed by atoms with Gasteiger partial charge in [0.2, 0.25) is 11.0 Å². The molecule has 2 N–H and O–H groups in total. The Morgan fingerprint density at radius 3 is 2.61 bits per heavy atom. The van der Waals surface area contributed by atoms with Crippen molar-refractivity contribution < 1.29 is 14.3 Å². The van der Waals surface area contributed by atoms with E-state index in [-0.39, 0.29) is 18.2 Å². The fourth-order valence-corrected chi connectivity index (χ4v) is 2.83. The van der Waals surface area contributed by atoms with Crippen molar-refractivity contribution in [1.29, 1.82) is 0 Å². The van der Waals surface area contributed by atoms with E-state index in [2.05, 4.69) is 31.0 Å². The Morgan fingerprint density at radius 1 is 1.14 bits per heavy atom. The van der Waals surface area contributed by atoms with E-state index in [4.69, 9.17) is 4.74 Å². The second-order valence-electron chi connectivity index (χ2n) is 5.43. The minimum Gasteiger partial charge on any atom is -0.497 e. The quantitative estimate of drug-likeness (QED) is 0.465. The number of nitrogens with one attached hydrogen (secondary N) is 2. The summed E-state index contributed by atoms with van der Waals surface area (Å²) < 4.78 is 5.06. The molecule has 142 valence electrons. The van der Waals surface area contributed by atoms with Crippen LogP contribution in [-0.4, -0.2) is 40.3 Å². The van der Waals surface area contributed by atoms with Crippen molar-refractivity contribution in [3.05, 3.63) is 64.9 Å². The molecular formula is C18H16N6O3S. The number of rotatable bonds is 7. The predicted octanol–water partition coefficient (Wildman–Crippen LogP) is 1.89. The molecule has 0 aliphatic carbocycles. The first-order valence-electron chi connectivity index (χ1n) is 8.14. The summed E-state index contributed by atoms with van der Waals surface area (Å²) in [5, 5.41) is 15.1. The Morgan fingerprint density at radius 2 is 1.89 bits per heavy atom. The lowest BCUT2D eigenvalue weighted by molar-refractivity contribution is -0.120. The Hall–Kier alpha value is -3.66. The van der Waals surface area contributed by atoms with Gasteiger partial charge in [-0.05, 0) is 42.0 Å². The van der Waals surface area contributed by atoms with Crippen molar-refractivity contribution in [2.24, 2.45) is 5.10 Å². The standard InChI is InChI=1S/C18H16N6O3S/c1-27-14-4-2-13(3-5-14)17(26)21-18-24-23-16(28-18)10-15(25)22-20-11-12-6-8-19-9-7-12/h2-9,11H,10H2,1H3,(H,22,25)(H,21,24,26)/b20-11-. The lowest BCUT2D eigenvalue weighted by atomic mass is 10.2. The molecule has 0 unspecified atom stereocenters. The molecule has 0 fully saturated rings. The van der Waals surface area contributed by atoms with Gasteiger partial charge in [0, 0.05) is 18.0 Å². The third-order valence-electron chi connectivity index (χ3n) is 3.46. The predicted molar refractivity (Wildman–Crippen MR) is 105 cm³/mol. The molecule has 0 bridgehead atoms. The summed E-state index contributed by atoms with van der Waals surface area (Å²) in [4.78, 5) is 28.0. The second kappa shape index (κ2) is 9.33. The normalized spacial score (nSPS) is 10.6. The number of carbonyl (C=O) groups is 2. The molecule has 0 spiro atoms. The second-order valence-corrected chi connectivity index (χ2v) is 6.50. The first-order valence-corrected chi connectivity index (χ1v) is 8.95. The third-order valence-corrected chi connectivity index (χ3v) is 4.30. The highest BCUT2D eigenvalue weighted by molar-refractivity contribution is 7.15. The van der Waals surface area contributed by atoms with Crippen LogP contribution in [0.3, 0.4) is 0 Å². The largest absolute Gasteiger partial charge is 0.497 e. The van der Waals surface area contributed by atoms with E-state index in [1.54, 1.807) is 55.9 Å². The average Bonchev–Trinajstić information content (AvgIpc) is 3.15. The van der Waals surface area contributed by atoms with Crippen molar-refractivity contribution in [2.45, 2.75) is 6.42 Å². The van der Waals surface area contributed by atoms with Gasteiger partial charge in [0.05, 0.1) is 19.7 Å². The van der Waals surface area contributed by atoms with Crippen LogP contribution in [0.5, 0.6) is 5.75 Å². The van der Waals surface area contributed by atoms with Gasteiger partial charge >= 0.3 is 0 Å². The number of hydrogen-bond acceptors (Lipinski definition) is 8. The Bertz CT molecular complexity index is 973. The fraction of sp³-hybridized carbons (Fsp3) is 0.111. The van der Waals surface area contributed by atoms with Crippen LogP contribution in [0.2, 0.25) is 0 Å². The number of methoxy groups -OCH3 is 1. The summed E-state index contributed by atoms with van der Waals surface area (Å²) in [6.07, 6.45) is 4.78. The molecule has 2 aromatic heterocycles. The maximum atomic E-state index is 12.2. The summed E-state index contributed by atoms with van der Waals surface area (Å²) in [7, 11) is 1.55. The lowest BCUT2D eigenvalue weighted by Crippen LogP contribution is -2.19. The van der Waals surface area contributed by atoms with Crippen molar-refractivity contribution >= 4 is 34.5 Å². The molecule has 2 heterocycles. The number of hydrogen-bond donors (Lipinski definition) is 2. The Balaban J connectivity index is 1.51. The van der Waals surface area contributed by atoms with Gasteiger partial charge in [-0.1, -0.05) is 11.3 Å². The zero-order valence-electron chi connectivity index (χ0n) is 14.8. The maximum Gasteiger partial charge on any atom is 0.257 e.